The molecule has 3 heteroatoms. The third-order valence-corrected chi connectivity index (χ3v) is 4.55. The van der Waals surface area contributed by atoms with Gasteiger partial charge in [0.25, 0.3) is 0 Å². The highest BCUT2D eigenvalue weighted by molar-refractivity contribution is 7.98. The Morgan fingerprint density at radius 1 is 1.31 bits per heavy atom. The number of nitrogens with one attached hydrogen (secondary N) is 1. The van der Waals surface area contributed by atoms with Crippen LogP contribution >= 0.6 is 11.8 Å². The van der Waals surface area contributed by atoms with Crippen molar-refractivity contribution in [2.45, 2.75) is 51.6 Å². The molecular weight excluding hydrogens is 218 g/mol. The second-order valence-electron chi connectivity index (χ2n) is 5.24. The van der Waals surface area contributed by atoms with Gasteiger partial charge in [0.2, 0.25) is 0 Å². The molecule has 0 aromatic rings. The summed E-state index contributed by atoms with van der Waals surface area (Å²) in [4.78, 5) is 0. The summed E-state index contributed by atoms with van der Waals surface area (Å²) in [5.74, 6) is 2.68. The molecule has 3 unspecified atom stereocenters. The summed E-state index contributed by atoms with van der Waals surface area (Å²) >= 11 is 1.87. The van der Waals surface area contributed by atoms with Crippen LogP contribution in [-0.2, 0) is 0 Å². The van der Waals surface area contributed by atoms with Gasteiger partial charge in [-0.25, -0.2) is 0 Å². The Kier molecular flexibility index (Phi) is 6.78. The first-order chi connectivity index (χ1) is 7.69. The topological polar surface area (TPSA) is 32.3 Å². The number of hydrogen-bond acceptors (Lipinski definition) is 3. The molecule has 0 bridgehead atoms. The van der Waals surface area contributed by atoms with E-state index in [2.05, 4.69) is 25.4 Å². The van der Waals surface area contributed by atoms with Gasteiger partial charge in [-0.1, -0.05) is 20.3 Å². The van der Waals surface area contributed by atoms with E-state index in [-0.39, 0.29) is 0 Å². The predicted molar refractivity (Wildman–Crippen MR) is 73.0 cm³/mol. The lowest BCUT2D eigenvalue weighted by molar-refractivity contribution is 0.183. The Bertz CT molecular complexity index is 173. The minimum atomic E-state index is 0.299. The molecule has 0 aromatic carbocycles. The van der Waals surface area contributed by atoms with Gasteiger partial charge < -0.3 is 10.4 Å². The number of aliphatic hydroxyl groups is 1. The second kappa shape index (κ2) is 7.57. The summed E-state index contributed by atoms with van der Waals surface area (Å²) in [6.07, 6.45) is 7.12. The van der Waals surface area contributed by atoms with E-state index in [0.717, 1.165) is 24.0 Å². The van der Waals surface area contributed by atoms with Crippen molar-refractivity contribution >= 4 is 11.8 Å². The Morgan fingerprint density at radius 3 is 2.44 bits per heavy atom. The molecule has 1 aliphatic carbocycles. The highest BCUT2D eigenvalue weighted by atomic mass is 32.2. The largest absolute Gasteiger partial charge is 0.396 e. The highest BCUT2D eigenvalue weighted by Gasteiger charge is 2.28. The molecule has 2 N–H and O–H groups in total. The maximum atomic E-state index is 9.08. The number of thioether (sulfide) groups is 1. The molecule has 0 aromatic heterocycles. The molecular formula is C13H27NOS. The summed E-state index contributed by atoms with van der Waals surface area (Å²) in [6.45, 7) is 5.03. The van der Waals surface area contributed by atoms with Crippen LogP contribution in [0, 0.1) is 11.8 Å². The number of hydrogen-bond donors (Lipinski definition) is 2. The van der Waals surface area contributed by atoms with Gasteiger partial charge in [-0.05, 0) is 37.4 Å². The zero-order valence-corrected chi connectivity index (χ0v) is 11.7. The first kappa shape index (κ1) is 14.3. The molecule has 0 heterocycles. The van der Waals surface area contributed by atoms with Crippen LogP contribution in [0.3, 0.4) is 0 Å². The molecule has 0 spiro atoms. The molecule has 3 atom stereocenters. The summed E-state index contributed by atoms with van der Waals surface area (Å²) in [6, 6.07) is 1.13. The van der Waals surface area contributed by atoms with Crippen LogP contribution in [0.5, 0.6) is 0 Å². The molecule has 2 nitrogen and oxygen atoms in total. The predicted octanol–water partition coefficient (Wildman–Crippen LogP) is 2.51. The fourth-order valence-corrected chi connectivity index (χ4v) is 3.52. The standard InChI is InChI=1S/C13H27NOS/c1-10-5-4-6-11(2)13(10)14-12(7-8-15)9-16-3/h10-15H,4-9H2,1-3H3. The van der Waals surface area contributed by atoms with E-state index in [1.807, 2.05) is 11.8 Å². The minimum Gasteiger partial charge on any atom is -0.396 e. The average molecular weight is 245 g/mol. The van der Waals surface area contributed by atoms with Crippen molar-refractivity contribution in [1.82, 2.24) is 5.32 Å². The van der Waals surface area contributed by atoms with Gasteiger partial charge in [0.15, 0.2) is 0 Å². The van der Waals surface area contributed by atoms with Crippen LogP contribution in [0.1, 0.15) is 39.5 Å². The van der Waals surface area contributed by atoms with Gasteiger partial charge in [-0.15, -0.1) is 0 Å². The van der Waals surface area contributed by atoms with Crippen LogP contribution in [0.2, 0.25) is 0 Å². The summed E-state index contributed by atoms with van der Waals surface area (Å²) < 4.78 is 0. The van der Waals surface area contributed by atoms with E-state index in [1.165, 1.54) is 19.3 Å². The van der Waals surface area contributed by atoms with E-state index >= 15 is 0 Å². The molecule has 1 rings (SSSR count). The fourth-order valence-electron chi connectivity index (χ4n) is 2.85. The zero-order valence-electron chi connectivity index (χ0n) is 10.9. The van der Waals surface area contributed by atoms with Crippen molar-refractivity contribution in [2.24, 2.45) is 11.8 Å². The second-order valence-corrected chi connectivity index (χ2v) is 6.15. The first-order valence-electron chi connectivity index (χ1n) is 6.54. The van der Waals surface area contributed by atoms with Crippen molar-refractivity contribution in [3.05, 3.63) is 0 Å². The van der Waals surface area contributed by atoms with Crippen LogP contribution < -0.4 is 5.32 Å². The third-order valence-electron chi connectivity index (χ3n) is 3.82. The van der Waals surface area contributed by atoms with E-state index in [1.54, 1.807) is 0 Å². The molecule has 0 aliphatic heterocycles. The van der Waals surface area contributed by atoms with E-state index in [9.17, 15) is 0 Å². The molecule has 0 radical (unpaired) electrons. The maximum absolute atomic E-state index is 9.08. The van der Waals surface area contributed by atoms with Crippen molar-refractivity contribution in [3.8, 4) is 0 Å². The van der Waals surface area contributed by atoms with Gasteiger partial charge in [-0.2, -0.15) is 11.8 Å². The minimum absolute atomic E-state index is 0.299. The van der Waals surface area contributed by atoms with Crippen LogP contribution in [-0.4, -0.2) is 35.8 Å². The smallest absolute Gasteiger partial charge is 0.0446 e. The highest BCUT2D eigenvalue weighted by Crippen LogP contribution is 2.29. The summed E-state index contributed by atoms with van der Waals surface area (Å²) in [5, 5.41) is 12.9. The zero-order chi connectivity index (χ0) is 12.0. The van der Waals surface area contributed by atoms with Gasteiger partial charge in [0.05, 0.1) is 0 Å². The SMILES string of the molecule is CSCC(CCO)NC1C(C)CCCC1C. The summed E-state index contributed by atoms with van der Waals surface area (Å²) in [7, 11) is 0. The molecule has 0 amide bonds. The fraction of sp³-hybridized carbons (Fsp3) is 1.00. The van der Waals surface area contributed by atoms with Gasteiger partial charge in [0.1, 0.15) is 0 Å². The number of aliphatic hydroxyl groups excluding tert-OH is 1. The van der Waals surface area contributed by atoms with Crippen LogP contribution in [0.25, 0.3) is 0 Å². The first-order valence-corrected chi connectivity index (χ1v) is 7.94. The molecule has 0 saturated heterocycles. The Morgan fingerprint density at radius 2 is 1.94 bits per heavy atom. The quantitative estimate of drug-likeness (QED) is 0.754. The van der Waals surface area contributed by atoms with Crippen molar-refractivity contribution < 1.29 is 5.11 Å². The Hall–Kier alpha value is 0.270. The lowest BCUT2D eigenvalue weighted by Crippen LogP contribution is -2.48. The number of rotatable bonds is 6. The average Bonchev–Trinajstić information content (AvgIpc) is 2.24. The van der Waals surface area contributed by atoms with Crippen molar-refractivity contribution in [3.63, 3.8) is 0 Å². The normalized spacial score (nSPS) is 32.6. The molecule has 1 aliphatic rings. The van der Waals surface area contributed by atoms with E-state index in [0.29, 0.717) is 18.7 Å². The summed E-state index contributed by atoms with van der Waals surface area (Å²) in [5.41, 5.74) is 0. The third kappa shape index (κ3) is 4.27. The van der Waals surface area contributed by atoms with Gasteiger partial charge >= 0.3 is 0 Å². The van der Waals surface area contributed by atoms with Crippen molar-refractivity contribution in [2.75, 3.05) is 18.6 Å². The lowest BCUT2D eigenvalue weighted by Gasteiger charge is -2.38. The molecule has 1 fully saturated rings. The molecule has 1 saturated carbocycles. The Balaban J connectivity index is 2.46. The molecule has 96 valence electrons. The van der Waals surface area contributed by atoms with Crippen LogP contribution in [0.4, 0.5) is 0 Å². The van der Waals surface area contributed by atoms with E-state index in [4.69, 9.17) is 5.11 Å². The van der Waals surface area contributed by atoms with Crippen LogP contribution in [0.15, 0.2) is 0 Å². The monoisotopic (exact) mass is 245 g/mol. The van der Waals surface area contributed by atoms with Crippen molar-refractivity contribution in [1.29, 1.82) is 0 Å². The lowest BCUT2D eigenvalue weighted by atomic mass is 9.78. The Labute approximate surface area is 105 Å². The van der Waals surface area contributed by atoms with E-state index < -0.39 is 0 Å². The van der Waals surface area contributed by atoms with Gasteiger partial charge in [0, 0.05) is 24.4 Å². The molecule has 16 heavy (non-hydrogen) atoms. The van der Waals surface area contributed by atoms with Gasteiger partial charge in [-0.3, -0.25) is 0 Å². The maximum Gasteiger partial charge on any atom is 0.0446 e.